The van der Waals surface area contributed by atoms with E-state index in [9.17, 15) is 9.18 Å². The van der Waals surface area contributed by atoms with Crippen LogP contribution in [0.3, 0.4) is 0 Å². The molecule has 3 unspecified atom stereocenters. The molecule has 0 saturated heterocycles. The van der Waals surface area contributed by atoms with Crippen LogP contribution in [0.25, 0.3) is 0 Å². The number of aldehydes is 1. The lowest BCUT2D eigenvalue weighted by Crippen LogP contribution is -2.36. The van der Waals surface area contributed by atoms with E-state index in [4.69, 9.17) is 0 Å². The summed E-state index contributed by atoms with van der Waals surface area (Å²) in [6.45, 7) is 7.76. The van der Waals surface area contributed by atoms with E-state index < -0.39 is 6.17 Å². The molecule has 0 aromatic carbocycles. The predicted molar refractivity (Wildman–Crippen MR) is 54.6 cm³/mol. The number of rotatable bonds is 5. The minimum Gasteiger partial charge on any atom is -0.317 e. The van der Waals surface area contributed by atoms with Gasteiger partial charge in [0.2, 0.25) is 0 Å². The maximum atomic E-state index is 12.8. The number of alkyl halides is 1. The Labute approximate surface area is 80.9 Å². The van der Waals surface area contributed by atoms with Crippen LogP contribution in [0.15, 0.2) is 0 Å². The van der Waals surface area contributed by atoms with Crippen molar-refractivity contribution in [1.82, 2.24) is 5.32 Å². The molecular formula is C10H22FNO. The molecule has 0 radical (unpaired) electrons. The zero-order chi connectivity index (χ0) is 10.9. The molecule has 0 aliphatic heterocycles. The third kappa shape index (κ3) is 5.75. The third-order valence-corrected chi connectivity index (χ3v) is 2.11. The van der Waals surface area contributed by atoms with Gasteiger partial charge in [0.15, 0.2) is 12.5 Å². The lowest BCUT2D eigenvalue weighted by molar-refractivity contribution is -0.114. The van der Waals surface area contributed by atoms with Crippen molar-refractivity contribution in [3.05, 3.63) is 0 Å². The lowest BCUT2D eigenvalue weighted by Gasteiger charge is -2.22. The molecular weight excluding hydrogens is 169 g/mol. The van der Waals surface area contributed by atoms with Crippen molar-refractivity contribution in [3.63, 3.8) is 0 Å². The van der Waals surface area contributed by atoms with Gasteiger partial charge in [0.1, 0.15) is 0 Å². The van der Waals surface area contributed by atoms with Gasteiger partial charge in [0, 0.05) is 12.0 Å². The van der Waals surface area contributed by atoms with Gasteiger partial charge in [0.05, 0.1) is 0 Å². The summed E-state index contributed by atoms with van der Waals surface area (Å²) >= 11 is 0. The monoisotopic (exact) mass is 191 g/mol. The van der Waals surface area contributed by atoms with Gasteiger partial charge in [-0.05, 0) is 20.4 Å². The number of hydrogen-bond acceptors (Lipinski definition) is 2. The highest BCUT2D eigenvalue weighted by Gasteiger charge is 2.23. The van der Waals surface area contributed by atoms with Gasteiger partial charge in [-0.2, -0.15) is 0 Å². The summed E-state index contributed by atoms with van der Waals surface area (Å²) in [4.78, 5) is 10.1. The Kier molecular flexibility index (Phi) is 11.2. The molecule has 0 amide bonds. The largest absolute Gasteiger partial charge is 0.317 e. The summed E-state index contributed by atoms with van der Waals surface area (Å²) in [5.74, 6) is -0.197. The average Bonchev–Trinajstić information content (AvgIpc) is 2.21. The highest BCUT2D eigenvalue weighted by Crippen LogP contribution is 2.14. The van der Waals surface area contributed by atoms with Crippen molar-refractivity contribution in [3.8, 4) is 0 Å². The molecule has 3 heteroatoms. The molecule has 0 spiro atoms. The van der Waals surface area contributed by atoms with Crippen LogP contribution in [0.5, 0.6) is 0 Å². The van der Waals surface area contributed by atoms with Crippen LogP contribution in [0.4, 0.5) is 4.39 Å². The van der Waals surface area contributed by atoms with E-state index in [2.05, 4.69) is 5.32 Å². The van der Waals surface area contributed by atoms with E-state index in [-0.39, 0.29) is 12.0 Å². The first kappa shape index (κ1) is 15.1. The molecule has 0 aromatic heterocycles. The highest BCUT2D eigenvalue weighted by atomic mass is 19.1. The normalized spacial score (nSPS) is 16.5. The van der Waals surface area contributed by atoms with Crippen molar-refractivity contribution in [2.75, 3.05) is 7.05 Å². The molecule has 0 aromatic rings. The average molecular weight is 191 g/mol. The van der Waals surface area contributed by atoms with Crippen LogP contribution in [-0.2, 0) is 4.79 Å². The Morgan fingerprint density at radius 2 is 1.92 bits per heavy atom. The van der Waals surface area contributed by atoms with Crippen molar-refractivity contribution in [2.24, 2.45) is 5.92 Å². The first-order valence-corrected chi connectivity index (χ1v) is 4.94. The summed E-state index contributed by atoms with van der Waals surface area (Å²) < 4.78 is 12.8. The van der Waals surface area contributed by atoms with Crippen molar-refractivity contribution >= 4 is 6.29 Å². The number of carbonyl (C=O) groups excluding carboxylic acids is 1. The summed E-state index contributed by atoms with van der Waals surface area (Å²) in [6, 6.07) is 0.0557. The first-order chi connectivity index (χ1) is 6.17. The van der Waals surface area contributed by atoms with Crippen LogP contribution < -0.4 is 5.32 Å². The van der Waals surface area contributed by atoms with Crippen molar-refractivity contribution in [2.45, 2.75) is 46.3 Å². The third-order valence-electron chi connectivity index (χ3n) is 2.11. The molecule has 0 rings (SSSR count). The van der Waals surface area contributed by atoms with Crippen LogP contribution in [-0.4, -0.2) is 25.5 Å². The van der Waals surface area contributed by atoms with E-state index in [1.807, 2.05) is 27.7 Å². The Hall–Kier alpha value is -0.440. The Morgan fingerprint density at radius 3 is 2.15 bits per heavy atom. The fraction of sp³-hybridized carbons (Fsp3) is 0.900. The number of hydrogen-bond donors (Lipinski definition) is 1. The van der Waals surface area contributed by atoms with Gasteiger partial charge in [0.25, 0.3) is 0 Å². The molecule has 2 nitrogen and oxygen atoms in total. The van der Waals surface area contributed by atoms with Gasteiger partial charge in [-0.15, -0.1) is 0 Å². The van der Waals surface area contributed by atoms with E-state index >= 15 is 0 Å². The fourth-order valence-corrected chi connectivity index (χ4v) is 1.17. The quantitative estimate of drug-likeness (QED) is 0.675. The number of carbonyl (C=O) groups is 1. The van der Waals surface area contributed by atoms with Crippen LogP contribution in [0, 0.1) is 5.92 Å². The van der Waals surface area contributed by atoms with E-state index in [0.29, 0.717) is 12.7 Å². The fourth-order valence-electron chi connectivity index (χ4n) is 1.17. The predicted octanol–water partition coefficient (Wildman–Crippen LogP) is 2.18. The standard InChI is InChI=1S/C8H16FNO.C2H6/c1-4-7(6(2)10-3)8(9)5-11;1-2/h5-8,10H,4H2,1-3H3;1-2H3. The molecule has 80 valence electrons. The zero-order valence-electron chi connectivity index (χ0n) is 9.30. The Bertz CT molecular complexity index is 119. The van der Waals surface area contributed by atoms with E-state index in [0.717, 1.165) is 0 Å². The summed E-state index contributed by atoms with van der Waals surface area (Å²) in [5, 5.41) is 2.93. The smallest absolute Gasteiger partial charge is 0.159 e. The topological polar surface area (TPSA) is 29.1 Å². The lowest BCUT2D eigenvalue weighted by atomic mass is 9.94. The Morgan fingerprint density at radius 1 is 1.46 bits per heavy atom. The first-order valence-electron chi connectivity index (χ1n) is 4.94. The van der Waals surface area contributed by atoms with Gasteiger partial charge in [-0.1, -0.05) is 20.8 Å². The molecule has 1 N–H and O–H groups in total. The Balaban J connectivity index is 0. The number of nitrogens with one attached hydrogen (secondary N) is 1. The molecule has 3 atom stereocenters. The summed E-state index contributed by atoms with van der Waals surface area (Å²) in [6.07, 6.45) is -0.272. The summed E-state index contributed by atoms with van der Waals surface area (Å²) in [5.41, 5.74) is 0. The van der Waals surface area contributed by atoms with Crippen LogP contribution >= 0.6 is 0 Å². The van der Waals surface area contributed by atoms with Crippen LogP contribution in [0.2, 0.25) is 0 Å². The minimum absolute atomic E-state index is 0.0557. The highest BCUT2D eigenvalue weighted by molar-refractivity contribution is 5.56. The summed E-state index contributed by atoms with van der Waals surface area (Å²) in [7, 11) is 1.77. The van der Waals surface area contributed by atoms with E-state index in [1.165, 1.54) is 0 Å². The maximum absolute atomic E-state index is 12.8. The van der Waals surface area contributed by atoms with Gasteiger partial charge < -0.3 is 10.1 Å². The van der Waals surface area contributed by atoms with Gasteiger partial charge >= 0.3 is 0 Å². The number of halogens is 1. The van der Waals surface area contributed by atoms with E-state index in [1.54, 1.807) is 7.05 Å². The molecule has 0 heterocycles. The zero-order valence-corrected chi connectivity index (χ0v) is 9.30. The van der Waals surface area contributed by atoms with Gasteiger partial charge in [-0.25, -0.2) is 4.39 Å². The second-order valence-electron chi connectivity index (χ2n) is 2.73. The van der Waals surface area contributed by atoms with Crippen molar-refractivity contribution in [1.29, 1.82) is 0 Å². The van der Waals surface area contributed by atoms with Crippen LogP contribution in [0.1, 0.15) is 34.1 Å². The molecule has 0 aliphatic rings. The SMILES string of the molecule is CC.CCC(C(F)C=O)C(C)NC. The molecule has 13 heavy (non-hydrogen) atoms. The van der Waals surface area contributed by atoms with Gasteiger partial charge in [-0.3, -0.25) is 0 Å². The molecule has 0 aliphatic carbocycles. The maximum Gasteiger partial charge on any atom is 0.159 e. The van der Waals surface area contributed by atoms with Crippen molar-refractivity contribution < 1.29 is 9.18 Å². The molecule has 0 saturated carbocycles. The minimum atomic E-state index is -1.33. The molecule has 0 bridgehead atoms. The molecule has 0 fully saturated rings. The second kappa shape index (κ2) is 9.65. The second-order valence-corrected chi connectivity index (χ2v) is 2.73.